The minimum absolute atomic E-state index is 0.0876. The molecule has 0 saturated carbocycles. The number of ether oxygens (including phenoxy) is 1. The number of rotatable bonds is 3. The summed E-state index contributed by atoms with van der Waals surface area (Å²) in [5, 5.41) is 12.4. The summed E-state index contributed by atoms with van der Waals surface area (Å²) in [5.41, 5.74) is 4.04. The molecule has 0 radical (unpaired) electrons. The molecule has 3 aromatic rings. The van der Waals surface area contributed by atoms with Crippen molar-refractivity contribution in [3.05, 3.63) is 35.2 Å². The van der Waals surface area contributed by atoms with Crippen molar-refractivity contribution in [2.75, 3.05) is 11.9 Å². The molecule has 164 valence electrons. The van der Waals surface area contributed by atoms with Gasteiger partial charge in [0, 0.05) is 52.1 Å². The molecule has 0 spiro atoms. The van der Waals surface area contributed by atoms with Crippen LogP contribution in [-0.2, 0) is 6.61 Å². The fourth-order valence-electron chi connectivity index (χ4n) is 5.11. The number of aromatic amines is 1. The molecule has 1 fully saturated rings. The summed E-state index contributed by atoms with van der Waals surface area (Å²) in [5.74, 6) is 0.843. The molecule has 8 heteroatoms. The molecule has 1 saturated heterocycles. The van der Waals surface area contributed by atoms with Crippen LogP contribution in [0.5, 0.6) is 5.75 Å². The zero-order chi connectivity index (χ0) is 22.0. The van der Waals surface area contributed by atoms with E-state index in [4.69, 9.17) is 21.3 Å². The first kappa shape index (κ1) is 20.8. The quantitative estimate of drug-likeness (QED) is 0.544. The summed E-state index contributed by atoms with van der Waals surface area (Å²) in [6.45, 7) is 9.61. The molecule has 2 aromatic heterocycles. The first-order valence-electron chi connectivity index (χ1n) is 10.6. The van der Waals surface area contributed by atoms with Crippen LogP contribution in [0.3, 0.4) is 0 Å². The number of fused-ring (bicyclic) bond motifs is 3. The van der Waals surface area contributed by atoms with Gasteiger partial charge in [0.15, 0.2) is 5.13 Å². The Kier molecular flexibility index (Phi) is 4.84. The minimum Gasteiger partial charge on any atom is -0.487 e. The summed E-state index contributed by atoms with van der Waals surface area (Å²) in [6.07, 6.45) is 5.75. The van der Waals surface area contributed by atoms with Gasteiger partial charge in [-0.1, -0.05) is 22.9 Å². The molecule has 2 aliphatic heterocycles. The molecule has 0 bridgehead atoms. The normalized spacial score (nSPS) is 19.4. The largest absolute Gasteiger partial charge is 0.487 e. The molecule has 0 atom stereocenters. The van der Waals surface area contributed by atoms with Gasteiger partial charge in [0.1, 0.15) is 12.4 Å². The Morgan fingerprint density at radius 3 is 2.58 bits per heavy atom. The Balaban J connectivity index is 1.48. The SMILES string of the molecule is CN(c1nc2c(s1)-c1cc(Cl)c(-c3cn[nH]c3)cc1OC2)C1CC(C)(C)NC(C)(C)C1. The lowest BCUT2D eigenvalue weighted by Crippen LogP contribution is -2.61. The van der Waals surface area contributed by atoms with Crippen molar-refractivity contribution in [1.82, 2.24) is 20.5 Å². The number of piperidine rings is 1. The topological polar surface area (TPSA) is 66.1 Å². The molecule has 4 heterocycles. The van der Waals surface area contributed by atoms with Crippen molar-refractivity contribution in [2.45, 2.75) is 64.3 Å². The maximum absolute atomic E-state index is 6.64. The number of H-pyrrole nitrogens is 1. The van der Waals surface area contributed by atoms with Gasteiger partial charge in [-0.2, -0.15) is 5.10 Å². The number of nitrogens with one attached hydrogen (secondary N) is 2. The molecular formula is C23H28ClN5OS. The molecule has 1 aromatic carbocycles. The van der Waals surface area contributed by atoms with Crippen molar-refractivity contribution in [3.8, 4) is 27.3 Å². The van der Waals surface area contributed by atoms with Gasteiger partial charge in [-0.3, -0.25) is 5.10 Å². The molecule has 0 amide bonds. The number of aromatic nitrogens is 3. The van der Waals surface area contributed by atoms with E-state index in [2.05, 4.69) is 55.2 Å². The lowest BCUT2D eigenvalue weighted by atomic mass is 9.79. The summed E-state index contributed by atoms with van der Waals surface area (Å²) < 4.78 is 6.07. The zero-order valence-electron chi connectivity index (χ0n) is 18.5. The average molecular weight is 458 g/mol. The first-order valence-corrected chi connectivity index (χ1v) is 11.8. The minimum atomic E-state index is 0.0876. The van der Waals surface area contributed by atoms with Crippen molar-refractivity contribution >= 4 is 28.1 Å². The molecule has 0 unspecified atom stereocenters. The molecule has 31 heavy (non-hydrogen) atoms. The number of benzene rings is 1. The lowest BCUT2D eigenvalue weighted by Gasteiger charge is -2.48. The smallest absolute Gasteiger partial charge is 0.186 e. The molecule has 2 aliphatic rings. The fraction of sp³-hybridized carbons (Fsp3) is 0.478. The number of hydrogen-bond donors (Lipinski definition) is 2. The Hall–Kier alpha value is -2.09. The number of nitrogens with zero attached hydrogens (tertiary/aromatic N) is 3. The Labute approximate surface area is 192 Å². The Morgan fingerprint density at radius 2 is 1.90 bits per heavy atom. The van der Waals surface area contributed by atoms with Crippen LogP contribution in [0, 0.1) is 0 Å². The van der Waals surface area contributed by atoms with Crippen LogP contribution < -0.4 is 15.0 Å². The summed E-state index contributed by atoms with van der Waals surface area (Å²) in [7, 11) is 2.17. The van der Waals surface area contributed by atoms with Gasteiger partial charge < -0.3 is 15.0 Å². The van der Waals surface area contributed by atoms with E-state index in [9.17, 15) is 0 Å². The predicted molar refractivity (Wildman–Crippen MR) is 127 cm³/mol. The number of thiazole rings is 1. The van der Waals surface area contributed by atoms with Crippen molar-refractivity contribution in [1.29, 1.82) is 0 Å². The zero-order valence-corrected chi connectivity index (χ0v) is 20.1. The van der Waals surface area contributed by atoms with Gasteiger partial charge >= 0.3 is 0 Å². The predicted octanol–water partition coefficient (Wildman–Crippen LogP) is 5.49. The second-order valence-corrected chi connectivity index (χ2v) is 11.3. The van der Waals surface area contributed by atoms with E-state index in [0.29, 0.717) is 17.7 Å². The third-order valence-corrected chi connectivity index (χ3v) is 7.73. The van der Waals surface area contributed by atoms with Gasteiger partial charge in [-0.15, -0.1) is 0 Å². The van der Waals surface area contributed by atoms with Crippen LogP contribution >= 0.6 is 22.9 Å². The van der Waals surface area contributed by atoms with E-state index in [1.807, 2.05) is 18.3 Å². The maximum atomic E-state index is 6.64. The standard InChI is InChI=1S/C23H28ClN5OS/c1-22(2)8-14(9-23(3,4)28-22)29(5)21-27-18-12-30-19-7-15(13-10-25-26-11-13)17(24)6-16(19)20(18)31-21/h6-7,10-11,14,28H,8-9,12H2,1-5H3,(H,25,26). The van der Waals surface area contributed by atoms with Crippen LogP contribution in [0.1, 0.15) is 46.2 Å². The summed E-state index contributed by atoms with van der Waals surface area (Å²) >= 11 is 8.37. The van der Waals surface area contributed by atoms with Gasteiger partial charge in [0.25, 0.3) is 0 Å². The fourth-order valence-corrected chi connectivity index (χ4v) is 6.51. The monoisotopic (exact) mass is 457 g/mol. The number of halogens is 1. The molecule has 0 aliphatic carbocycles. The van der Waals surface area contributed by atoms with Gasteiger partial charge in [-0.05, 0) is 52.7 Å². The third kappa shape index (κ3) is 3.83. The Morgan fingerprint density at radius 1 is 1.16 bits per heavy atom. The molecule has 6 nitrogen and oxygen atoms in total. The van der Waals surface area contributed by atoms with E-state index in [0.717, 1.165) is 51.0 Å². The highest BCUT2D eigenvalue weighted by molar-refractivity contribution is 7.19. The Bertz CT molecular complexity index is 1110. The van der Waals surface area contributed by atoms with Crippen molar-refractivity contribution < 1.29 is 4.74 Å². The van der Waals surface area contributed by atoms with Gasteiger partial charge in [0.05, 0.1) is 16.8 Å². The van der Waals surface area contributed by atoms with Crippen molar-refractivity contribution in [3.63, 3.8) is 0 Å². The van der Waals surface area contributed by atoms with Crippen LogP contribution in [0.4, 0.5) is 5.13 Å². The second kappa shape index (κ2) is 7.22. The first-order chi connectivity index (χ1) is 14.6. The molecular weight excluding hydrogens is 430 g/mol. The van der Waals surface area contributed by atoms with Gasteiger partial charge in [0.2, 0.25) is 0 Å². The number of anilines is 1. The van der Waals surface area contributed by atoms with E-state index in [1.165, 1.54) is 0 Å². The van der Waals surface area contributed by atoms with Crippen LogP contribution in [0.25, 0.3) is 21.6 Å². The van der Waals surface area contributed by atoms with E-state index in [1.54, 1.807) is 17.5 Å². The van der Waals surface area contributed by atoms with Crippen molar-refractivity contribution in [2.24, 2.45) is 0 Å². The third-order valence-electron chi connectivity index (χ3n) is 6.19. The van der Waals surface area contributed by atoms with E-state index < -0.39 is 0 Å². The summed E-state index contributed by atoms with van der Waals surface area (Å²) in [6, 6.07) is 4.42. The van der Waals surface area contributed by atoms with E-state index in [-0.39, 0.29) is 11.1 Å². The van der Waals surface area contributed by atoms with Crippen LogP contribution in [0.15, 0.2) is 24.5 Å². The second-order valence-electron chi connectivity index (χ2n) is 9.94. The highest BCUT2D eigenvalue weighted by atomic mass is 35.5. The van der Waals surface area contributed by atoms with E-state index >= 15 is 0 Å². The van der Waals surface area contributed by atoms with Gasteiger partial charge in [-0.25, -0.2) is 4.98 Å². The lowest BCUT2D eigenvalue weighted by molar-refractivity contribution is 0.161. The highest BCUT2D eigenvalue weighted by Gasteiger charge is 2.40. The highest BCUT2D eigenvalue weighted by Crippen LogP contribution is 2.47. The number of hydrogen-bond acceptors (Lipinski definition) is 6. The average Bonchev–Trinajstić information content (AvgIpc) is 3.34. The van der Waals surface area contributed by atoms with Crippen LogP contribution in [-0.4, -0.2) is 39.3 Å². The summed E-state index contributed by atoms with van der Waals surface area (Å²) in [4.78, 5) is 8.47. The maximum Gasteiger partial charge on any atom is 0.186 e. The van der Waals surface area contributed by atoms with Crippen LogP contribution in [0.2, 0.25) is 5.02 Å². The molecule has 5 rings (SSSR count). The molecule has 2 N–H and O–H groups in total.